The number of rotatable bonds is 7. The fourth-order valence-electron chi connectivity index (χ4n) is 2.13. The van der Waals surface area contributed by atoms with Crippen molar-refractivity contribution in [2.24, 2.45) is 11.7 Å². The second kappa shape index (κ2) is 10.9. The molecular weight excluding hydrogens is 385 g/mol. The molecule has 3 N–H and O–H groups in total. The summed E-state index contributed by atoms with van der Waals surface area (Å²) >= 11 is 11.9. The maximum Gasteiger partial charge on any atom is 0.253 e. The van der Waals surface area contributed by atoms with Crippen LogP contribution in [-0.2, 0) is 4.79 Å². The summed E-state index contributed by atoms with van der Waals surface area (Å²) in [5, 5.41) is 3.12. The molecule has 142 valence electrons. The predicted molar refractivity (Wildman–Crippen MR) is 106 cm³/mol. The largest absolute Gasteiger partial charge is 0.344 e. The van der Waals surface area contributed by atoms with Crippen LogP contribution in [0.15, 0.2) is 18.2 Å². The number of halogens is 3. The molecular formula is C17H26Cl3N3O2. The number of benzene rings is 1. The number of likely N-dealkylation sites (N-methyl/N-ethyl adjacent to an activating group) is 1. The van der Waals surface area contributed by atoms with Crippen molar-refractivity contribution in [1.29, 1.82) is 0 Å². The normalized spacial score (nSPS) is 13.0. The van der Waals surface area contributed by atoms with Crippen molar-refractivity contribution in [2.45, 2.75) is 39.3 Å². The average molecular weight is 411 g/mol. The van der Waals surface area contributed by atoms with E-state index in [0.29, 0.717) is 23.9 Å². The van der Waals surface area contributed by atoms with Gasteiger partial charge in [0.25, 0.3) is 5.91 Å². The Morgan fingerprint density at radius 1 is 1.24 bits per heavy atom. The first-order valence-corrected chi connectivity index (χ1v) is 8.66. The molecule has 0 fully saturated rings. The van der Waals surface area contributed by atoms with Crippen molar-refractivity contribution in [3.63, 3.8) is 0 Å². The fourth-order valence-corrected chi connectivity index (χ4v) is 2.52. The van der Waals surface area contributed by atoms with E-state index in [9.17, 15) is 9.59 Å². The van der Waals surface area contributed by atoms with E-state index in [1.54, 1.807) is 37.1 Å². The summed E-state index contributed by atoms with van der Waals surface area (Å²) in [5.74, 6) is -0.260. The zero-order chi connectivity index (χ0) is 18.4. The van der Waals surface area contributed by atoms with Crippen LogP contribution >= 0.6 is 35.6 Å². The van der Waals surface area contributed by atoms with Crippen LogP contribution < -0.4 is 11.1 Å². The van der Waals surface area contributed by atoms with Gasteiger partial charge in [0.1, 0.15) is 6.04 Å². The molecule has 5 nitrogen and oxygen atoms in total. The van der Waals surface area contributed by atoms with Crippen LogP contribution in [0.3, 0.4) is 0 Å². The molecule has 2 unspecified atom stereocenters. The van der Waals surface area contributed by atoms with Crippen LogP contribution in [0.4, 0.5) is 0 Å². The number of carbonyl (C=O) groups excluding carboxylic acids is 2. The smallest absolute Gasteiger partial charge is 0.253 e. The number of hydrogen-bond donors (Lipinski definition) is 2. The molecule has 1 aromatic rings. The van der Waals surface area contributed by atoms with Gasteiger partial charge in [0.2, 0.25) is 5.91 Å². The van der Waals surface area contributed by atoms with Crippen molar-refractivity contribution < 1.29 is 9.59 Å². The molecule has 0 heterocycles. The number of amides is 2. The summed E-state index contributed by atoms with van der Waals surface area (Å²) in [5.41, 5.74) is 6.24. The third-order valence-electron chi connectivity index (χ3n) is 3.94. The van der Waals surface area contributed by atoms with Crippen LogP contribution in [0.1, 0.15) is 37.6 Å². The van der Waals surface area contributed by atoms with E-state index in [0.717, 1.165) is 0 Å². The summed E-state index contributed by atoms with van der Waals surface area (Å²) in [6.45, 7) is 6.27. The number of hydrogen-bond acceptors (Lipinski definition) is 3. The Labute approximate surface area is 165 Å². The zero-order valence-corrected chi connectivity index (χ0v) is 17.2. The maximum absolute atomic E-state index is 12.4. The van der Waals surface area contributed by atoms with Gasteiger partial charge in [-0.25, -0.2) is 0 Å². The third-order valence-corrected chi connectivity index (χ3v) is 4.76. The minimum atomic E-state index is -0.673. The number of nitrogens with zero attached hydrogens (tertiary/aromatic N) is 1. The lowest BCUT2D eigenvalue weighted by Crippen LogP contribution is -2.46. The molecule has 0 aromatic heterocycles. The molecule has 2 atom stereocenters. The molecule has 1 aromatic carbocycles. The van der Waals surface area contributed by atoms with E-state index in [4.69, 9.17) is 28.9 Å². The van der Waals surface area contributed by atoms with Gasteiger partial charge in [-0.1, -0.05) is 43.1 Å². The molecule has 0 aliphatic heterocycles. The quantitative estimate of drug-likeness (QED) is 0.723. The summed E-state index contributed by atoms with van der Waals surface area (Å²) < 4.78 is 0. The molecule has 0 aliphatic rings. The highest BCUT2D eigenvalue weighted by atomic mass is 35.5. The summed E-state index contributed by atoms with van der Waals surface area (Å²) in [4.78, 5) is 26.2. The Hall–Kier alpha value is -1.01. The molecule has 25 heavy (non-hydrogen) atoms. The van der Waals surface area contributed by atoms with Crippen molar-refractivity contribution >= 4 is 47.4 Å². The van der Waals surface area contributed by atoms with E-state index in [1.807, 2.05) is 13.8 Å². The highest BCUT2D eigenvalue weighted by molar-refractivity contribution is 6.43. The first-order chi connectivity index (χ1) is 11.1. The molecule has 0 radical (unpaired) electrons. The van der Waals surface area contributed by atoms with Gasteiger partial charge in [0.05, 0.1) is 15.6 Å². The van der Waals surface area contributed by atoms with Crippen LogP contribution in [0, 0.1) is 5.92 Å². The Morgan fingerprint density at radius 2 is 1.84 bits per heavy atom. The van der Waals surface area contributed by atoms with Crippen molar-refractivity contribution in [2.75, 3.05) is 13.6 Å². The highest BCUT2D eigenvalue weighted by Crippen LogP contribution is 2.25. The van der Waals surface area contributed by atoms with Crippen LogP contribution in [0.25, 0.3) is 0 Å². The minimum absolute atomic E-state index is 0. The van der Waals surface area contributed by atoms with E-state index in [-0.39, 0.29) is 34.9 Å². The first kappa shape index (κ1) is 24.0. The van der Waals surface area contributed by atoms with E-state index >= 15 is 0 Å². The van der Waals surface area contributed by atoms with E-state index in [1.165, 1.54) is 0 Å². The number of nitrogens with two attached hydrogens (primary N) is 1. The van der Waals surface area contributed by atoms with E-state index in [2.05, 4.69) is 5.32 Å². The second-order valence-electron chi connectivity index (χ2n) is 6.25. The monoisotopic (exact) mass is 409 g/mol. The Kier molecular flexibility index (Phi) is 10.4. The van der Waals surface area contributed by atoms with Gasteiger partial charge >= 0.3 is 0 Å². The molecule has 1 rings (SSSR count). The SMILES string of the molecule is CC(NC(=O)c1cccc(Cl)c1Cl)C(=O)N(C)CCC(N)C(C)C.Cl. The molecule has 0 saturated heterocycles. The standard InChI is InChI=1S/C17H25Cl2N3O2.ClH/c1-10(2)14(20)8-9-22(4)17(24)11(3)21-16(23)12-6-5-7-13(18)15(12)19;/h5-7,10-11,14H,8-9,20H2,1-4H3,(H,21,23);1H. The van der Waals surface area contributed by atoms with Gasteiger partial charge in [0, 0.05) is 19.6 Å². The van der Waals surface area contributed by atoms with Gasteiger partial charge in [-0.05, 0) is 31.4 Å². The molecule has 0 aliphatic carbocycles. The summed E-state index contributed by atoms with van der Waals surface area (Å²) in [6.07, 6.45) is 0.709. The van der Waals surface area contributed by atoms with Gasteiger partial charge in [-0.15, -0.1) is 12.4 Å². The van der Waals surface area contributed by atoms with Crippen molar-refractivity contribution in [3.8, 4) is 0 Å². The second-order valence-corrected chi connectivity index (χ2v) is 7.04. The lowest BCUT2D eigenvalue weighted by atomic mass is 10.0. The Bertz CT molecular complexity index is 597. The lowest BCUT2D eigenvalue weighted by Gasteiger charge is -2.24. The van der Waals surface area contributed by atoms with Gasteiger partial charge in [-0.3, -0.25) is 9.59 Å². The topological polar surface area (TPSA) is 75.4 Å². The van der Waals surface area contributed by atoms with Crippen LogP contribution in [-0.4, -0.2) is 42.4 Å². The Morgan fingerprint density at radius 3 is 2.40 bits per heavy atom. The Balaban J connectivity index is 0.00000576. The number of carbonyl (C=O) groups is 2. The van der Waals surface area contributed by atoms with E-state index < -0.39 is 11.9 Å². The lowest BCUT2D eigenvalue weighted by molar-refractivity contribution is -0.131. The highest BCUT2D eigenvalue weighted by Gasteiger charge is 2.22. The summed E-state index contributed by atoms with van der Waals surface area (Å²) in [6, 6.07) is 4.16. The summed E-state index contributed by atoms with van der Waals surface area (Å²) in [7, 11) is 1.70. The molecule has 2 amide bonds. The zero-order valence-electron chi connectivity index (χ0n) is 14.9. The molecule has 0 saturated carbocycles. The predicted octanol–water partition coefficient (Wildman–Crippen LogP) is 3.37. The van der Waals surface area contributed by atoms with Gasteiger partial charge in [-0.2, -0.15) is 0 Å². The third kappa shape index (κ3) is 7.02. The van der Waals surface area contributed by atoms with Gasteiger partial charge < -0.3 is 16.0 Å². The van der Waals surface area contributed by atoms with Crippen LogP contribution in [0.2, 0.25) is 10.0 Å². The first-order valence-electron chi connectivity index (χ1n) is 7.90. The molecule has 0 bridgehead atoms. The van der Waals surface area contributed by atoms with Crippen LogP contribution in [0.5, 0.6) is 0 Å². The average Bonchev–Trinajstić information content (AvgIpc) is 2.53. The number of nitrogens with one attached hydrogen (secondary N) is 1. The minimum Gasteiger partial charge on any atom is -0.344 e. The molecule has 8 heteroatoms. The maximum atomic E-state index is 12.4. The van der Waals surface area contributed by atoms with Gasteiger partial charge in [0.15, 0.2) is 0 Å². The van der Waals surface area contributed by atoms with Crippen molar-refractivity contribution in [3.05, 3.63) is 33.8 Å². The van der Waals surface area contributed by atoms with Crippen molar-refractivity contribution in [1.82, 2.24) is 10.2 Å². The molecule has 0 spiro atoms. The fraction of sp³-hybridized carbons (Fsp3) is 0.529.